The van der Waals surface area contributed by atoms with Gasteiger partial charge in [0.1, 0.15) is 11.5 Å². The number of para-hydroxylation sites is 3. The van der Waals surface area contributed by atoms with Crippen LogP contribution in [0, 0.1) is 0 Å². The van der Waals surface area contributed by atoms with E-state index >= 15 is 0 Å². The first-order valence-corrected chi connectivity index (χ1v) is 16.3. The Kier molecular flexibility index (Phi) is 5.84. The summed E-state index contributed by atoms with van der Waals surface area (Å²) in [4.78, 5) is 10.8. The lowest BCUT2D eigenvalue weighted by Gasteiger charge is -2.10. The molecule has 4 heteroatoms. The molecule has 0 atom stereocenters. The zero-order valence-corrected chi connectivity index (χ0v) is 26.0. The molecular formula is C44H28N4. The molecule has 4 nitrogen and oxygen atoms in total. The highest BCUT2D eigenvalue weighted by Crippen LogP contribution is 2.38. The van der Waals surface area contributed by atoms with Crippen LogP contribution in [0.25, 0.3) is 88.4 Å². The molecule has 3 aromatic heterocycles. The van der Waals surface area contributed by atoms with Gasteiger partial charge in [0.05, 0.1) is 22.1 Å². The SMILES string of the molecule is c1ccc(-c2nc3c(-c4cccc5c4nc4c6cccc(c6)c6ccccc6c6cccc(c6)n54)cccc3n2-c2ccccc2)cc1. The smallest absolute Gasteiger partial charge is 0.145 e. The molecule has 224 valence electrons. The molecule has 0 fully saturated rings. The highest BCUT2D eigenvalue weighted by molar-refractivity contribution is 6.09. The van der Waals surface area contributed by atoms with E-state index in [9.17, 15) is 0 Å². The molecule has 0 unspecified atom stereocenters. The molecule has 10 aromatic rings. The number of imidazole rings is 2. The van der Waals surface area contributed by atoms with Gasteiger partial charge in [0.2, 0.25) is 0 Å². The summed E-state index contributed by atoms with van der Waals surface area (Å²) in [5, 5.41) is 5.88. The van der Waals surface area contributed by atoms with Crippen molar-refractivity contribution in [1.29, 1.82) is 0 Å². The molecule has 10 rings (SSSR count). The van der Waals surface area contributed by atoms with Crippen LogP contribution in [0.2, 0.25) is 0 Å². The lowest BCUT2D eigenvalue weighted by molar-refractivity contribution is 1.10. The third-order valence-electron chi connectivity index (χ3n) is 9.48. The maximum Gasteiger partial charge on any atom is 0.145 e. The van der Waals surface area contributed by atoms with E-state index in [1.54, 1.807) is 0 Å². The van der Waals surface area contributed by atoms with E-state index in [4.69, 9.17) is 9.97 Å². The molecule has 0 aliphatic rings. The maximum atomic E-state index is 5.47. The summed E-state index contributed by atoms with van der Waals surface area (Å²) >= 11 is 0. The summed E-state index contributed by atoms with van der Waals surface area (Å²) in [7, 11) is 0. The lowest BCUT2D eigenvalue weighted by Crippen LogP contribution is -1.97. The molecule has 7 aromatic carbocycles. The van der Waals surface area contributed by atoms with Crippen molar-refractivity contribution in [3.8, 4) is 28.2 Å². The predicted octanol–water partition coefficient (Wildman–Crippen LogP) is 11.2. The van der Waals surface area contributed by atoms with Gasteiger partial charge in [-0.05, 0) is 64.0 Å². The topological polar surface area (TPSA) is 35.1 Å². The van der Waals surface area contributed by atoms with Gasteiger partial charge in [-0.1, -0.05) is 127 Å². The van der Waals surface area contributed by atoms with E-state index in [1.165, 1.54) is 21.5 Å². The minimum atomic E-state index is 0.911. The first-order valence-electron chi connectivity index (χ1n) is 16.3. The largest absolute Gasteiger partial charge is 0.292 e. The van der Waals surface area contributed by atoms with E-state index in [0.29, 0.717) is 0 Å². The number of hydrogen-bond acceptors (Lipinski definition) is 2. The highest BCUT2D eigenvalue weighted by Gasteiger charge is 2.20. The molecule has 0 aliphatic heterocycles. The number of nitrogens with zero attached hydrogens (tertiary/aromatic N) is 4. The van der Waals surface area contributed by atoms with Crippen LogP contribution < -0.4 is 0 Å². The molecule has 3 heterocycles. The van der Waals surface area contributed by atoms with Gasteiger partial charge in [0.25, 0.3) is 0 Å². The maximum absolute atomic E-state index is 5.47. The van der Waals surface area contributed by atoms with Crippen LogP contribution in [0.3, 0.4) is 0 Å². The van der Waals surface area contributed by atoms with E-state index < -0.39 is 0 Å². The molecular weight excluding hydrogens is 585 g/mol. The molecule has 0 radical (unpaired) electrons. The van der Waals surface area contributed by atoms with Crippen molar-refractivity contribution in [1.82, 2.24) is 18.9 Å². The zero-order chi connectivity index (χ0) is 31.6. The second kappa shape index (κ2) is 10.5. The van der Waals surface area contributed by atoms with Crippen LogP contribution in [0.5, 0.6) is 0 Å². The van der Waals surface area contributed by atoms with Gasteiger partial charge in [-0.25, -0.2) is 9.97 Å². The number of hydrogen-bond donors (Lipinski definition) is 0. The monoisotopic (exact) mass is 612 g/mol. The van der Waals surface area contributed by atoms with Crippen LogP contribution in [0.1, 0.15) is 0 Å². The van der Waals surface area contributed by atoms with Gasteiger partial charge in [-0.15, -0.1) is 0 Å². The molecule has 0 saturated carbocycles. The number of benzene rings is 7. The fourth-order valence-corrected chi connectivity index (χ4v) is 7.33. The van der Waals surface area contributed by atoms with E-state index in [2.05, 4.69) is 173 Å². The van der Waals surface area contributed by atoms with Crippen molar-refractivity contribution in [3.63, 3.8) is 0 Å². The average Bonchev–Trinajstić information content (AvgIpc) is 3.75. The van der Waals surface area contributed by atoms with Crippen molar-refractivity contribution in [2.24, 2.45) is 0 Å². The Morgan fingerprint density at radius 3 is 1.75 bits per heavy atom. The second-order valence-electron chi connectivity index (χ2n) is 12.3. The first-order chi connectivity index (χ1) is 23.8. The van der Waals surface area contributed by atoms with Crippen molar-refractivity contribution in [2.75, 3.05) is 0 Å². The van der Waals surface area contributed by atoms with Crippen molar-refractivity contribution in [2.45, 2.75) is 0 Å². The van der Waals surface area contributed by atoms with Crippen molar-refractivity contribution < 1.29 is 0 Å². The Morgan fingerprint density at radius 2 is 1.00 bits per heavy atom. The molecule has 4 bridgehead atoms. The van der Waals surface area contributed by atoms with Crippen LogP contribution >= 0.6 is 0 Å². The Balaban J connectivity index is 1.33. The fraction of sp³-hybridized carbons (Fsp3) is 0. The van der Waals surface area contributed by atoms with Gasteiger partial charge < -0.3 is 0 Å². The molecule has 0 amide bonds. The Bertz CT molecular complexity index is 2880. The van der Waals surface area contributed by atoms with Gasteiger partial charge in [0.15, 0.2) is 0 Å². The summed E-state index contributed by atoms with van der Waals surface area (Å²) in [6, 6.07) is 60.2. The minimum absolute atomic E-state index is 0.911. The predicted molar refractivity (Wildman–Crippen MR) is 200 cm³/mol. The summed E-state index contributed by atoms with van der Waals surface area (Å²) in [6.07, 6.45) is 0. The van der Waals surface area contributed by atoms with Crippen molar-refractivity contribution in [3.05, 3.63) is 170 Å². The van der Waals surface area contributed by atoms with Crippen LogP contribution in [-0.4, -0.2) is 18.9 Å². The summed E-state index contributed by atoms with van der Waals surface area (Å²) in [6.45, 7) is 0. The molecule has 0 saturated heterocycles. The first kappa shape index (κ1) is 26.7. The molecule has 0 spiro atoms. The summed E-state index contributed by atoms with van der Waals surface area (Å²) in [5.74, 6) is 0.911. The normalized spacial score (nSPS) is 11.8. The summed E-state index contributed by atoms with van der Waals surface area (Å²) in [5.41, 5.74) is 10.3. The molecule has 0 aliphatic carbocycles. The highest BCUT2D eigenvalue weighted by atomic mass is 15.1. The third kappa shape index (κ3) is 4.03. The van der Waals surface area contributed by atoms with Gasteiger partial charge >= 0.3 is 0 Å². The zero-order valence-electron chi connectivity index (χ0n) is 26.0. The minimum Gasteiger partial charge on any atom is -0.292 e. The lowest BCUT2D eigenvalue weighted by atomic mass is 10.0. The number of rotatable bonds is 3. The van der Waals surface area contributed by atoms with Gasteiger partial charge in [-0.3, -0.25) is 8.97 Å². The Morgan fingerprint density at radius 1 is 0.417 bits per heavy atom. The Hall–Kier alpha value is -6.52. The molecule has 48 heavy (non-hydrogen) atoms. The fourth-order valence-electron chi connectivity index (χ4n) is 7.33. The van der Waals surface area contributed by atoms with E-state index in [1.807, 2.05) is 6.07 Å². The van der Waals surface area contributed by atoms with Crippen LogP contribution in [-0.2, 0) is 0 Å². The molecule has 0 N–H and O–H groups in total. The third-order valence-corrected chi connectivity index (χ3v) is 9.48. The number of fused-ring (bicyclic) bond motifs is 13. The van der Waals surface area contributed by atoms with Crippen molar-refractivity contribution >= 4 is 60.2 Å². The Labute approximate surface area is 276 Å². The van der Waals surface area contributed by atoms with Gasteiger partial charge in [0, 0.05) is 33.3 Å². The second-order valence-corrected chi connectivity index (χ2v) is 12.3. The average molecular weight is 613 g/mol. The quantitative estimate of drug-likeness (QED) is 0.199. The van der Waals surface area contributed by atoms with Crippen LogP contribution in [0.4, 0.5) is 0 Å². The standard InChI is InChI=1S/C44H28N4/c1-3-13-29(14-4-1)43-45-41-37(23-11-25-39(41)47(43)33-18-5-2-6-19-33)38-24-12-26-40-42(38)46-44-32-17-9-15-30(27-32)35-21-7-8-22-36(35)31-16-10-20-34(28-31)48(40)44/h1-28H. The van der Waals surface area contributed by atoms with E-state index in [0.717, 1.165) is 66.8 Å². The number of aromatic nitrogens is 4. The van der Waals surface area contributed by atoms with Gasteiger partial charge in [-0.2, -0.15) is 0 Å². The van der Waals surface area contributed by atoms with E-state index in [-0.39, 0.29) is 0 Å². The summed E-state index contributed by atoms with van der Waals surface area (Å²) < 4.78 is 4.58. The van der Waals surface area contributed by atoms with Crippen LogP contribution in [0.15, 0.2) is 170 Å².